The number of morpholine rings is 1. The first-order valence-corrected chi connectivity index (χ1v) is 10.3. The molecule has 0 N–H and O–H groups in total. The van der Waals surface area contributed by atoms with Gasteiger partial charge < -0.3 is 4.74 Å². The van der Waals surface area contributed by atoms with Crippen molar-refractivity contribution in [3.05, 3.63) is 71.3 Å². The molecule has 4 nitrogen and oxygen atoms in total. The summed E-state index contributed by atoms with van der Waals surface area (Å²) in [5, 5.41) is 0. The highest BCUT2D eigenvalue weighted by Gasteiger charge is 2.34. The summed E-state index contributed by atoms with van der Waals surface area (Å²) >= 11 is 0. The van der Waals surface area contributed by atoms with Gasteiger partial charge in [-0.25, -0.2) is 8.42 Å². The van der Waals surface area contributed by atoms with Crippen LogP contribution in [-0.2, 0) is 26.9 Å². The normalized spacial score (nSPS) is 22.0. The Morgan fingerprint density at radius 3 is 2.52 bits per heavy atom. The molecule has 1 aliphatic rings. The number of hydrogen-bond acceptors (Lipinski definition) is 3. The van der Waals surface area contributed by atoms with Gasteiger partial charge in [0.1, 0.15) is 0 Å². The van der Waals surface area contributed by atoms with Crippen molar-refractivity contribution in [1.29, 1.82) is 0 Å². The van der Waals surface area contributed by atoms with Gasteiger partial charge in [-0.3, -0.25) is 0 Å². The number of aryl methyl sites for hydroxylation is 1. The van der Waals surface area contributed by atoms with Crippen LogP contribution in [0.4, 0.5) is 0 Å². The summed E-state index contributed by atoms with van der Waals surface area (Å²) in [4.78, 5) is 0. The molecule has 0 saturated carbocycles. The van der Waals surface area contributed by atoms with Crippen LogP contribution in [0.3, 0.4) is 0 Å². The zero-order valence-electron chi connectivity index (χ0n) is 14.8. The Balaban J connectivity index is 1.72. The molecule has 1 saturated heterocycles. The Kier molecular flexibility index (Phi) is 5.57. The van der Waals surface area contributed by atoms with Crippen LogP contribution < -0.4 is 0 Å². The Hall–Kier alpha value is -1.69. The van der Waals surface area contributed by atoms with E-state index in [1.165, 1.54) is 0 Å². The number of rotatable bonds is 5. The van der Waals surface area contributed by atoms with Crippen molar-refractivity contribution < 1.29 is 13.2 Å². The predicted octanol–water partition coefficient (Wildman–Crippen LogP) is 3.16. The molecule has 0 spiro atoms. The van der Waals surface area contributed by atoms with E-state index in [0.717, 1.165) is 23.1 Å². The molecule has 0 amide bonds. The van der Waals surface area contributed by atoms with Crippen LogP contribution in [0.5, 0.6) is 0 Å². The fourth-order valence-electron chi connectivity index (χ4n) is 3.28. The molecule has 1 fully saturated rings. The fraction of sp³-hybridized carbons (Fsp3) is 0.400. The van der Waals surface area contributed by atoms with Crippen molar-refractivity contribution in [3.63, 3.8) is 0 Å². The number of benzene rings is 2. The van der Waals surface area contributed by atoms with Crippen LogP contribution in [0.1, 0.15) is 23.6 Å². The minimum Gasteiger partial charge on any atom is -0.375 e. The van der Waals surface area contributed by atoms with E-state index in [4.69, 9.17) is 4.74 Å². The Morgan fingerprint density at radius 2 is 1.80 bits per heavy atom. The molecule has 2 atom stereocenters. The van der Waals surface area contributed by atoms with E-state index in [-0.39, 0.29) is 17.9 Å². The average molecular weight is 359 g/mol. The van der Waals surface area contributed by atoms with Gasteiger partial charge in [0.2, 0.25) is 10.0 Å². The fourth-order valence-corrected chi connectivity index (χ4v) is 5.04. The van der Waals surface area contributed by atoms with Gasteiger partial charge in [-0.1, -0.05) is 60.2 Å². The summed E-state index contributed by atoms with van der Waals surface area (Å²) in [6.07, 6.45) is 0.621. The number of hydrogen-bond donors (Lipinski definition) is 0. The van der Waals surface area contributed by atoms with Crippen molar-refractivity contribution in [3.8, 4) is 0 Å². The molecule has 3 rings (SSSR count). The monoisotopic (exact) mass is 359 g/mol. The minimum atomic E-state index is -3.37. The Bertz CT molecular complexity index is 805. The zero-order valence-corrected chi connectivity index (χ0v) is 15.6. The van der Waals surface area contributed by atoms with Gasteiger partial charge in [-0.05, 0) is 31.4 Å². The van der Waals surface area contributed by atoms with Gasteiger partial charge in [-0.2, -0.15) is 4.31 Å². The summed E-state index contributed by atoms with van der Waals surface area (Å²) in [6.45, 7) is 4.73. The minimum absolute atomic E-state index is 0.0388. The van der Waals surface area contributed by atoms with Crippen LogP contribution in [0.2, 0.25) is 0 Å². The molecule has 0 bridgehead atoms. The second-order valence-electron chi connectivity index (χ2n) is 6.81. The van der Waals surface area contributed by atoms with Crippen molar-refractivity contribution in [2.24, 2.45) is 0 Å². The third-order valence-corrected chi connectivity index (χ3v) is 6.47. The molecular formula is C20H25NO3S. The first-order valence-electron chi connectivity index (χ1n) is 8.64. The smallest absolute Gasteiger partial charge is 0.218 e. The highest BCUT2D eigenvalue weighted by molar-refractivity contribution is 7.88. The Labute approximate surface area is 150 Å². The van der Waals surface area contributed by atoms with E-state index in [1.807, 2.05) is 68.4 Å². The van der Waals surface area contributed by atoms with Gasteiger partial charge in [0, 0.05) is 12.6 Å². The van der Waals surface area contributed by atoms with Crippen molar-refractivity contribution >= 4 is 10.0 Å². The summed E-state index contributed by atoms with van der Waals surface area (Å²) in [5.74, 6) is 0.0388. The molecule has 2 unspecified atom stereocenters. The van der Waals surface area contributed by atoms with Gasteiger partial charge in [0.15, 0.2) is 0 Å². The summed E-state index contributed by atoms with van der Waals surface area (Å²) in [6, 6.07) is 17.6. The summed E-state index contributed by atoms with van der Waals surface area (Å²) < 4.78 is 33.4. The van der Waals surface area contributed by atoms with Crippen LogP contribution in [0.15, 0.2) is 54.6 Å². The van der Waals surface area contributed by atoms with Crippen LogP contribution in [0.25, 0.3) is 0 Å². The number of nitrogens with zero attached hydrogens (tertiary/aromatic N) is 1. The van der Waals surface area contributed by atoms with Crippen molar-refractivity contribution in [2.45, 2.75) is 38.2 Å². The van der Waals surface area contributed by atoms with Crippen LogP contribution in [-0.4, -0.2) is 38.0 Å². The van der Waals surface area contributed by atoms with E-state index < -0.39 is 10.0 Å². The zero-order chi connectivity index (χ0) is 17.9. The molecule has 0 aliphatic carbocycles. The Morgan fingerprint density at radius 1 is 1.08 bits per heavy atom. The molecule has 25 heavy (non-hydrogen) atoms. The van der Waals surface area contributed by atoms with Gasteiger partial charge in [0.25, 0.3) is 0 Å². The number of ether oxygens (including phenoxy) is 1. The van der Waals surface area contributed by atoms with E-state index in [9.17, 15) is 8.42 Å². The molecule has 2 aromatic carbocycles. The first kappa shape index (κ1) is 18.1. The highest BCUT2D eigenvalue weighted by atomic mass is 32.2. The maximum atomic E-state index is 12.9. The molecule has 0 aromatic heterocycles. The molecule has 1 heterocycles. The molecule has 0 radical (unpaired) electrons. The lowest BCUT2D eigenvalue weighted by molar-refractivity contribution is -0.0265. The van der Waals surface area contributed by atoms with E-state index in [2.05, 4.69) is 0 Å². The lowest BCUT2D eigenvalue weighted by Gasteiger charge is -2.37. The van der Waals surface area contributed by atoms with Crippen molar-refractivity contribution in [1.82, 2.24) is 4.31 Å². The third-order valence-electron chi connectivity index (χ3n) is 4.54. The van der Waals surface area contributed by atoms with Gasteiger partial charge in [0.05, 0.1) is 18.5 Å². The standard InChI is InChI=1S/C20H25NO3S/c1-16-7-6-10-19(11-16)15-25(22,23)21-13-20(24-14-17(21)2)12-18-8-4-3-5-9-18/h3-11,17,20H,12-15H2,1-2H3. The first-order chi connectivity index (χ1) is 11.9. The van der Waals surface area contributed by atoms with Crippen LogP contribution >= 0.6 is 0 Å². The van der Waals surface area contributed by atoms with Crippen molar-refractivity contribution in [2.75, 3.05) is 13.2 Å². The van der Waals surface area contributed by atoms with Gasteiger partial charge in [-0.15, -0.1) is 0 Å². The third kappa shape index (κ3) is 4.69. The molecular weight excluding hydrogens is 334 g/mol. The SMILES string of the molecule is Cc1cccc(CS(=O)(=O)N2CC(Cc3ccccc3)OCC2C)c1. The maximum absolute atomic E-state index is 12.9. The molecule has 134 valence electrons. The molecule has 1 aliphatic heterocycles. The largest absolute Gasteiger partial charge is 0.375 e. The van der Waals surface area contributed by atoms with E-state index >= 15 is 0 Å². The second-order valence-corrected chi connectivity index (χ2v) is 8.73. The topological polar surface area (TPSA) is 46.6 Å². The number of sulfonamides is 1. The lowest BCUT2D eigenvalue weighted by atomic mass is 10.1. The summed E-state index contributed by atoms with van der Waals surface area (Å²) in [5.41, 5.74) is 3.07. The predicted molar refractivity (Wildman–Crippen MR) is 99.9 cm³/mol. The maximum Gasteiger partial charge on any atom is 0.218 e. The van der Waals surface area contributed by atoms with E-state index in [1.54, 1.807) is 4.31 Å². The average Bonchev–Trinajstić information content (AvgIpc) is 2.57. The second kappa shape index (κ2) is 7.68. The lowest BCUT2D eigenvalue weighted by Crippen LogP contribution is -2.51. The van der Waals surface area contributed by atoms with E-state index in [0.29, 0.717) is 13.2 Å². The highest BCUT2D eigenvalue weighted by Crippen LogP contribution is 2.21. The molecule has 5 heteroatoms. The van der Waals surface area contributed by atoms with Gasteiger partial charge >= 0.3 is 0 Å². The van der Waals surface area contributed by atoms with Crippen LogP contribution in [0, 0.1) is 6.92 Å². The molecule has 2 aromatic rings. The summed E-state index contributed by atoms with van der Waals surface area (Å²) in [7, 11) is -3.37. The quantitative estimate of drug-likeness (QED) is 0.824.